The number of fused-ring (bicyclic) bond motifs is 1. The number of thiazole rings is 1. The number of para-hydroxylation sites is 1. The van der Waals surface area contributed by atoms with Gasteiger partial charge in [-0.15, -0.1) is 0 Å². The van der Waals surface area contributed by atoms with Crippen molar-refractivity contribution in [2.75, 3.05) is 5.32 Å². The number of halogens is 1. The van der Waals surface area contributed by atoms with Gasteiger partial charge in [-0.2, -0.15) is 0 Å². The van der Waals surface area contributed by atoms with Crippen LogP contribution in [0.5, 0.6) is 0 Å². The largest absolute Gasteiger partial charge is 0.316 e. The van der Waals surface area contributed by atoms with E-state index in [0.717, 1.165) is 34.0 Å². The highest BCUT2D eigenvalue weighted by Gasteiger charge is 2.07. The van der Waals surface area contributed by atoms with Crippen molar-refractivity contribution < 1.29 is 0 Å². The van der Waals surface area contributed by atoms with Crippen LogP contribution in [0.3, 0.4) is 0 Å². The van der Waals surface area contributed by atoms with Gasteiger partial charge in [0.15, 0.2) is 5.13 Å². The maximum absolute atomic E-state index is 6.02. The Morgan fingerprint density at radius 3 is 2.85 bits per heavy atom. The van der Waals surface area contributed by atoms with Crippen molar-refractivity contribution in [3.8, 4) is 0 Å². The molecule has 0 aliphatic rings. The molecule has 0 bridgehead atoms. The van der Waals surface area contributed by atoms with Crippen LogP contribution in [0, 0.1) is 0 Å². The molecule has 0 aliphatic heterocycles. The van der Waals surface area contributed by atoms with Gasteiger partial charge in [0.2, 0.25) is 0 Å². The van der Waals surface area contributed by atoms with Gasteiger partial charge in [-0.3, -0.25) is 0 Å². The Balaban J connectivity index is 1.90. The summed E-state index contributed by atoms with van der Waals surface area (Å²) in [4.78, 5) is 13.2. The summed E-state index contributed by atoms with van der Waals surface area (Å²) in [5.41, 5.74) is 0.980. The zero-order valence-corrected chi connectivity index (χ0v) is 12.5. The minimum absolute atomic E-state index is 0.451. The molecule has 0 amide bonds. The van der Waals surface area contributed by atoms with Gasteiger partial charge in [-0.1, -0.05) is 42.0 Å². The topological polar surface area (TPSA) is 50.7 Å². The van der Waals surface area contributed by atoms with Crippen molar-refractivity contribution in [2.24, 2.45) is 0 Å². The maximum atomic E-state index is 6.02. The minimum Gasteiger partial charge on any atom is -0.316 e. The molecule has 0 radical (unpaired) electrons. The van der Waals surface area contributed by atoms with Gasteiger partial charge in [-0.25, -0.2) is 15.0 Å². The first-order valence-electron chi connectivity index (χ1n) is 6.40. The zero-order valence-electron chi connectivity index (χ0n) is 10.9. The molecule has 1 N–H and O–H groups in total. The highest BCUT2D eigenvalue weighted by Crippen LogP contribution is 2.27. The number of aryl methyl sites for hydroxylation is 1. The Morgan fingerprint density at radius 1 is 1.20 bits per heavy atom. The highest BCUT2D eigenvalue weighted by molar-refractivity contribution is 7.22. The molecule has 0 aliphatic carbocycles. The summed E-state index contributed by atoms with van der Waals surface area (Å²) in [7, 11) is 0. The van der Waals surface area contributed by atoms with Crippen LogP contribution in [0.4, 0.5) is 10.9 Å². The van der Waals surface area contributed by atoms with E-state index in [0.29, 0.717) is 11.0 Å². The number of rotatable bonds is 4. The number of nitrogens with zero attached hydrogens (tertiary/aromatic N) is 3. The first kappa shape index (κ1) is 13.3. The summed E-state index contributed by atoms with van der Waals surface area (Å²) in [5, 5.41) is 4.46. The van der Waals surface area contributed by atoms with Gasteiger partial charge in [0.25, 0.3) is 0 Å². The van der Waals surface area contributed by atoms with Crippen LogP contribution in [-0.2, 0) is 6.42 Å². The van der Waals surface area contributed by atoms with E-state index in [4.69, 9.17) is 11.6 Å². The van der Waals surface area contributed by atoms with E-state index in [1.54, 1.807) is 17.4 Å². The predicted molar refractivity (Wildman–Crippen MR) is 83.9 cm³/mol. The van der Waals surface area contributed by atoms with Crippen LogP contribution >= 0.6 is 22.9 Å². The van der Waals surface area contributed by atoms with Gasteiger partial charge < -0.3 is 5.32 Å². The first-order chi connectivity index (χ1) is 9.74. The lowest BCUT2D eigenvalue weighted by Crippen LogP contribution is -2.00. The Bertz CT molecular complexity index is 708. The van der Waals surface area contributed by atoms with E-state index >= 15 is 0 Å². The van der Waals surface area contributed by atoms with Crippen molar-refractivity contribution in [2.45, 2.75) is 19.8 Å². The average molecular weight is 305 g/mol. The summed E-state index contributed by atoms with van der Waals surface area (Å²) < 4.78 is 1.14. The number of nitrogens with one attached hydrogen (secondary N) is 1. The molecule has 1 aromatic carbocycles. The summed E-state index contributed by atoms with van der Waals surface area (Å²) in [6.07, 6.45) is 1.80. The van der Waals surface area contributed by atoms with Crippen molar-refractivity contribution in [3.63, 3.8) is 0 Å². The standard InChI is InChI=1S/C14H13ClN4S/c1-2-5-12-17-11(15)8-13(18-12)19-14-16-9-6-3-4-7-10(9)20-14/h3-4,6-8H,2,5H2,1H3,(H,16,17,18,19). The molecule has 102 valence electrons. The Hall–Kier alpha value is -1.72. The van der Waals surface area contributed by atoms with Gasteiger partial charge >= 0.3 is 0 Å². The summed E-state index contributed by atoms with van der Waals surface area (Å²) in [6, 6.07) is 9.74. The van der Waals surface area contributed by atoms with E-state index in [-0.39, 0.29) is 0 Å². The normalized spacial score (nSPS) is 10.9. The molecule has 2 heterocycles. The van der Waals surface area contributed by atoms with E-state index in [2.05, 4.69) is 27.2 Å². The smallest absolute Gasteiger partial charge is 0.189 e. The van der Waals surface area contributed by atoms with Gasteiger partial charge in [0.1, 0.15) is 16.8 Å². The SMILES string of the molecule is CCCc1nc(Cl)cc(Nc2nc3ccccc3s2)n1. The quantitative estimate of drug-likeness (QED) is 0.724. The van der Waals surface area contributed by atoms with Crippen LogP contribution < -0.4 is 5.32 Å². The second-order valence-electron chi connectivity index (χ2n) is 4.35. The maximum Gasteiger partial charge on any atom is 0.189 e. The second kappa shape index (κ2) is 5.73. The molecule has 0 saturated carbocycles. The van der Waals surface area contributed by atoms with E-state index in [1.807, 2.05) is 24.3 Å². The van der Waals surface area contributed by atoms with Crippen molar-refractivity contribution in [1.82, 2.24) is 15.0 Å². The Labute approximate surface area is 125 Å². The average Bonchev–Trinajstić information content (AvgIpc) is 2.80. The Kier molecular flexibility index (Phi) is 3.80. The van der Waals surface area contributed by atoms with Crippen LogP contribution in [0.1, 0.15) is 19.2 Å². The predicted octanol–water partition coefficient (Wildman–Crippen LogP) is 4.44. The number of hydrogen-bond acceptors (Lipinski definition) is 5. The minimum atomic E-state index is 0.451. The fourth-order valence-electron chi connectivity index (χ4n) is 1.90. The van der Waals surface area contributed by atoms with Crippen LogP contribution in [0.25, 0.3) is 10.2 Å². The molecule has 0 fully saturated rings. The molecule has 3 rings (SSSR count). The summed E-state index contributed by atoms with van der Waals surface area (Å²) in [5.74, 6) is 1.44. The molecular formula is C14H13ClN4S. The summed E-state index contributed by atoms with van der Waals surface area (Å²) >= 11 is 7.61. The molecule has 20 heavy (non-hydrogen) atoms. The van der Waals surface area contributed by atoms with Crippen LogP contribution in [0.2, 0.25) is 5.15 Å². The molecule has 0 unspecified atom stereocenters. The zero-order chi connectivity index (χ0) is 13.9. The van der Waals surface area contributed by atoms with Crippen LogP contribution in [-0.4, -0.2) is 15.0 Å². The lowest BCUT2D eigenvalue weighted by molar-refractivity contribution is 0.837. The molecule has 2 aromatic heterocycles. The fourth-order valence-corrected chi connectivity index (χ4v) is 2.97. The molecular weight excluding hydrogens is 292 g/mol. The van der Waals surface area contributed by atoms with E-state index in [9.17, 15) is 0 Å². The van der Waals surface area contributed by atoms with Crippen LogP contribution in [0.15, 0.2) is 30.3 Å². The third-order valence-corrected chi connectivity index (χ3v) is 3.89. The monoisotopic (exact) mass is 304 g/mol. The summed E-state index contributed by atoms with van der Waals surface area (Å²) in [6.45, 7) is 2.09. The van der Waals surface area contributed by atoms with Gasteiger partial charge in [0.05, 0.1) is 10.2 Å². The fraction of sp³-hybridized carbons (Fsp3) is 0.214. The van der Waals surface area contributed by atoms with Crippen molar-refractivity contribution in [1.29, 1.82) is 0 Å². The first-order valence-corrected chi connectivity index (χ1v) is 7.60. The lowest BCUT2D eigenvalue weighted by atomic mass is 10.3. The third-order valence-electron chi connectivity index (χ3n) is 2.74. The Morgan fingerprint density at radius 2 is 2.05 bits per heavy atom. The van der Waals surface area contributed by atoms with E-state index in [1.165, 1.54) is 0 Å². The van der Waals surface area contributed by atoms with Gasteiger partial charge in [-0.05, 0) is 18.6 Å². The van der Waals surface area contributed by atoms with Crippen molar-refractivity contribution >= 4 is 44.1 Å². The molecule has 0 saturated heterocycles. The highest BCUT2D eigenvalue weighted by atomic mass is 35.5. The van der Waals surface area contributed by atoms with Gasteiger partial charge in [0, 0.05) is 12.5 Å². The van der Waals surface area contributed by atoms with E-state index < -0.39 is 0 Å². The number of benzene rings is 1. The molecule has 0 spiro atoms. The number of anilines is 2. The third kappa shape index (κ3) is 2.89. The number of hydrogen-bond donors (Lipinski definition) is 1. The molecule has 3 aromatic rings. The lowest BCUT2D eigenvalue weighted by Gasteiger charge is -2.04. The van der Waals surface area contributed by atoms with Crippen molar-refractivity contribution in [3.05, 3.63) is 41.3 Å². The molecule has 4 nitrogen and oxygen atoms in total. The number of aromatic nitrogens is 3. The molecule has 6 heteroatoms. The second-order valence-corrected chi connectivity index (χ2v) is 5.77. The molecule has 0 atom stereocenters.